The minimum absolute atomic E-state index is 0.181. The van der Waals surface area contributed by atoms with Gasteiger partial charge in [-0.2, -0.15) is 0 Å². The average molecular weight is 217 g/mol. The van der Waals surface area contributed by atoms with Crippen molar-refractivity contribution in [1.29, 1.82) is 0 Å². The van der Waals surface area contributed by atoms with Crippen LogP contribution in [0.3, 0.4) is 0 Å². The molecule has 0 aliphatic carbocycles. The highest BCUT2D eigenvalue weighted by Gasteiger charge is 2.21. The van der Waals surface area contributed by atoms with Crippen LogP contribution < -0.4 is 5.32 Å². The van der Waals surface area contributed by atoms with Gasteiger partial charge in [-0.1, -0.05) is 25.1 Å². The summed E-state index contributed by atoms with van der Waals surface area (Å²) >= 11 is 0. The van der Waals surface area contributed by atoms with Crippen molar-refractivity contribution in [2.75, 3.05) is 13.1 Å². The van der Waals surface area contributed by atoms with E-state index in [0.29, 0.717) is 5.78 Å². The summed E-state index contributed by atoms with van der Waals surface area (Å²) in [4.78, 5) is 12.2. The number of aryl methyl sites for hydroxylation is 1. The number of rotatable bonds is 3. The molecule has 0 saturated carbocycles. The smallest absolute Gasteiger partial charge is 0.167 e. The molecule has 1 aromatic carbocycles. The first kappa shape index (κ1) is 11.3. The second-order valence-electron chi connectivity index (χ2n) is 4.46. The third-order valence-corrected chi connectivity index (χ3v) is 3.29. The molecule has 1 fully saturated rings. The van der Waals surface area contributed by atoms with E-state index < -0.39 is 0 Å². The molecular formula is C14H19NO. The molecule has 1 aliphatic heterocycles. The first-order valence-corrected chi connectivity index (χ1v) is 6.15. The second-order valence-corrected chi connectivity index (χ2v) is 4.46. The highest BCUT2D eigenvalue weighted by Crippen LogP contribution is 2.17. The van der Waals surface area contributed by atoms with Crippen LogP contribution in [0.15, 0.2) is 24.3 Å². The third-order valence-electron chi connectivity index (χ3n) is 3.29. The van der Waals surface area contributed by atoms with Gasteiger partial charge in [0, 0.05) is 18.0 Å². The van der Waals surface area contributed by atoms with E-state index in [4.69, 9.17) is 0 Å². The molecule has 1 aliphatic rings. The van der Waals surface area contributed by atoms with Crippen LogP contribution in [0.25, 0.3) is 0 Å². The zero-order valence-corrected chi connectivity index (χ0v) is 9.83. The van der Waals surface area contributed by atoms with Gasteiger partial charge in [-0.15, -0.1) is 0 Å². The van der Waals surface area contributed by atoms with Crippen LogP contribution in [0.2, 0.25) is 0 Å². The Hall–Kier alpha value is -1.15. The second kappa shape index (κ2) is 5.26. The summed E-state index contributed by atoms with van der Waals surface area (Å²) in [5.41, 5.74) is 2.13. The maximum Gasteiger partial charge on any atom is 0.167 e. The lowest BCUT2D eigenvalue weighted by atomic mass is 9.90. The van der Waals surface area contributed by atoms with E-state index in [2.05, 4.69) is 18.3 Å². The van der Waals surface area contributed by atoms with Crippen molar-refractivity contribution in [2.45, 2.75) is 26.2 Å². The molecule has 1 aromatic rings. The number of piperidine rings is 1. The minimum atomic E-state index is 0.181. The molecule has 0 radical (unpaired) electrons. The molecule has 1 atom stereocenters. The molecular weight excluding hydrogens is 198 g/mol. The molecule has 0 aromatic heterocycles. The lowest BCUT2D eigenvalue weighted by Gasteiger charge is -2.21. The molecule has 2 nitrogen and oxygen atoms in total. The lowest BCUT2D eigenvalue weighted by Crippen LogP contribution is -2.34. The van der Waals surface area contributed by atoms with Crippen molar-refractivity contribution in [2.24, 2.45) is 5.92 Å². The number of nitrogens with one attached hydrogen (secondary N) is 1. The molecule has 1 saturated heterocycles. The fraction of sp³-hybridized carbons (Fsp3) is 0.500. The Balaban J connectivity index is 2.12. The summed E-state index contributed by atoms with van der Waals surface area (Å²) in [5, 5.41) is 3.29. The molecule has 1 unspecified atom stereocenters. The Labute approximate surface area is 97.1 Å². The van der Waals surface area contributed by atoms with Gasteiger partial charge in [0.15, 0.2) is 5.78 Å². The summed E-state index contributed by atoms with van der Waals surface area (Å²) < 4.78 is 0. The van der Waals surface area contributed by atoms with Crippen LogP contribution in [-0.2, 0) is 6.42 Å². The van der Waals surface area contributed by atoms with Crippen molar-refractivity contribution >= 4 is 5.78 Å². The van der Waals surface area contributed by atoms with Gasteiger partial charge in [0.25, 0.3) is 0 Å². The first-order chi connectivity index (χ1) is 7.81. The standard InChI is InChI=1S/C14H19NO/c1-2-11-5-3-6-12(9-11)14(16)13-7-4-8-15-10-13/h3,5-6,9,13,15H,2,4,7-8,10H2,1H3. The van der Waals surface area contributed by atoms with Crippen LogP contribution in [-0.4, -0.2) is 18.9 Å². The van der Waals surface area contributed by atoms with Crippen molar-refractivity contribution in [1.82, 2.24) is 5.32 Å². The molecule has 1 N–H and O–H groups in total. The fourth-order valence-electron chi connectivity index (χ4n) is 2.26. The van der Waals surface area contributed by atoms with Crippen molar-refractivity contribution in [3.05, 3.63) is 35.4 Å². The van der Waals surface area contributed by atoms with E-state index in [9.17, 15) is 4.79 Å². The molecule has 1 heterocycles. The van der Waals surface area contributed by atoms with E-state index in [0.717, 1.165) is 37.9 Å². The predicted octanol–water partition coefficient (Wildman–Crippen LogP) is 2.43. The number of carbonyl (C=O) groups is 1. The molecule has 2 heteroatoms. The zero-order valence-electron chi connectivity index (χ0n) is 9.83. The largest absolute Gasteiger partial charge is 0.316 e. The molecule has 86 valence electrons. The zero-order chi connectivity index (χ0) is 11.4. The minimum Gasteiger partial charge on any atom is -0.316 e. The van der Waals surface area contributed by atoms with E-state index in [1.807, 2.05) is 18.2 Å². The maximum absolute atomic E-state index is 12.2. The van der Waals surface area contributed by atoms with Gasteiger partial charge < -0.3 is 5.32 Å². The quantitative estimate of drug-likeness (QED) is 0.788. The SMILES string of the molecule is CCc1cccc(C(=O)C2CCCNC2)c1. The van der Waals surface area contributed by atoms with Gasteiger partial charge in [-0.05, 0) is 37.4 Å². The topological polar surface area (TPSA) is 29.1 Å². The summed E-state index contributed by atoms with van der Waals surface area (Å²) in [6, 6.07) is 8.05. The van der Waals surface area contributed by atoms with Gasteiger partial charge in [0.05, 0.1) is 0 Å². The fourth-order valence-corrected chi connectivity index (χ4v) is 2.26. The van der Waals surface area contributed by atoms with Crippen LogP contribution in [0.4, 0.5) is 0 Å². The summed E-state index contributed by atoms with van der Waals surface area (Å²) in [6.45, 7) is 4.01. The molecule has 0 spiro atoms. The van der Waals surface area contributed by atoms with E-state index in [1.54, 1.807) is 0 Å². The van der Waals surface area contributed by atoms with Gasteiger partial charge in [0.1, 0.15) is 0 Å². The summed E-state index contributed by atoms with van der Waals surface area (Å²) in [6.07, 6.45) is 3.14. The molecule has 2 rings (SSSR count). The molecule has 16 heavy (non-hydrogen) atoms. The van der Waals surface area contributed by atoms with Crippen molar-refractivity contribution in [3.63, 3.8) is 0 Å². The van der Waals surface area contributed by atoms with Crippen LogP contribution in [0.1, 0.15) is 35.7 Å². The van der Waals surface area contributed by atoms with E-state index in [1.165, 1.54) is 5.56 Å². The predicted molar refractivity (Wildman–Crippen MR) is 65.7 cm³/mol. The Morgan fingerprint density at radius 2 is 2.38 bits per heavy atom. The van der Waals surface area contributed by atoms with Gasteiger partial charge in [-0.3, -0.25) is 4.79 Å². The maximum atomic E-state index is 12.2. The number of benzene rings is 1. The van der Waals surface area contributed by atoms with Crippen LogP contribution in [0, 0.1) is 5.92 Å². The number of hydrogen-bond acceptors (Lipinski definition) is 2. The average Bonchev–Trinajstić information content (AvgIpc) is 2.39. The van der Waals surface area contributed by atoms with Crippen molar-refractivity contribution in [3.8, 4) is 0 Å². The first-order valence-electron chi connectivity index (χ1n) is 6.15. The number of ketones is 1. The Bertz CT molecular complexity index is 367. The summed E-state index contributed by atoms with van der Waals surface area (Å²) in [7, 11) is 0. The van der Waals surface area contributed by atoms with E-state index >= 15 is 0 Å². The normalized spacial score (nSPS) is 20.7. The number of carbonyl (C=O) groups excluding carboxylic acids is 1. The molecule has 0 amide bonds. The Morgan fingerprint density at radius 1 is 1.50 bits per heavy atom. The van der Waals surface area contributed by atoms with Gasteiger partial charge in [0.2, 0.25) is 0 Å². The number of Topliss-reactive ketones (excluding diaryl/α,β-unsaturated/α-hetero) is 1. The number of hydrogen-bond donors (Lipinski definition) is 1. The highest BCUT2D eigenvalue weighted by molar-refractivity contribution is 5.98. The third kappa shape index (κ3) is 2.50. The van der Waals surface area contributed by atoms with Crippen LogP contribution >= 0.6 is 0 Å². The van der Waals surface area contributed by atoms with E-state index in [-0.39, 0.29) is 5.92 Å². The lowest BCUT2D eigenvalue weighted by molar-refractivity contribution is 0.0899. The monoisotopic (exact) mass is 217 g/mol. The van der Waals surface area contributed by atoms with Gasteiger partial charge in [-0.25, -0.2) is 0 Å². The Kier molecular flexibility index (Phi) is 3.73. The molecule has 0 bridgehead atoms. The Morgan fingerprint density at radius 3 is 3.06 bits per heavy atom. The van der Waals surface area contributed by atoms with Crippen LogP contribution in [0.5, 0.6) is 0 Å². The van der Waals surface area contributed by atoms with Gasteiger partial charge >= 0.3 is 0 Å². The van der Waals surface area contributed by atoms with Crippen molar-refractivity contribution < 1.29 is 4.79 Å². The summed E-state index contributed by atoms with van der Waals surface area (Å²) in [5.74, 6) is 0.489. The highest BCUT2D eigenvalue weighted by atomic mass is 16.1.